The Morgan fingerprint density at radius 1 is 0.680 bits per heavy atom. The van der Waals surface area contributed by atoms with Crippen LogP contribution in [0.15, 0.2) is 0 Å². The van der Waals surface area contributed by atoms with Crippen LogP contribution in [0.1, 0.15) is 97.3 Å². The molecule has 0 aromatic carbocycles. The van der Waals surface area contributed by atoms with Crippen molar-refractivity contribution in [1.29, 1.82) is 0 Å². The molecule has 0 spiro atoms. The number of phosphoric ester groups is 1. The molecule has 0 unspecified atom stereocenters. The molecule has 2 N–H and O–H groups in total. The molecule has 25 heavy (non-hydrogen) atoms. The van der Waals surface area contributed by atoms with Crippen molar-refractivity contribution in [2.24, 2.45) is 0 Å². The van der Waals surface area contributed by atoms with Crippen LogP contribution in [0.2, 0.25) is 0 Å². The number of rotatable bonds is 19. The summed E-state index contributed by atoms with van der Waals surface area (Å²) in [4.78, 5) is 19.9. The lowest BCUT2D eigenvalue weighted by atomic mass is 10.1. The Morgan fingerprint density at radius 3 is 1.52 bits per heavy atom. The molecular formula is C19H42NO4P. The van der Waals surface area contributed by atoms with Gasteiger partial charge < -0.3 is 14.7 Å². The Labute approximate surface area is 155 Å². The third kappa shape index (κ3) is 20.2. The molecule has 0 aliphatic carbocycles. The quantitative estimate of drug-likeness (QED) is 0.229. The van der Waals surface area contributed by atoms with E-state index in [4.69, 9.17) is 9.79 Å². The molecule has 0 rings (SSSR count). The van der Waals surface area contributed by atoms with E-state index in [1.165, 1.54) is 77.0 Å². The highest BCUT2D eigenvalue weighted by atomic mass is 31.2. The van der Waals surface area contributed by atoms with Gasteiger partial charge in [-0.15, -0.1) is 0 Å². The number of phosphoric acid groups is 1. The molecule has 0 aromatic heterocycles. The summed E-state index contributed by atoms with van der Waals surface area (Å²) in [5, 5.41) is 0. The van der Waals surface area contributed by atoms with Crippen LogP contribution in [0, 0.1) is 0 Å². The van der Waals surface area contributed by atoms with E-state index < -0.39 is 7.82 Å². The van der Waals surface area contributed by atoms with E-state index in [9.17, 15) is 4.57 Å². The SMILES string of the molecule is CCCCCCCCN(CCCCCCCC)CCCOP(=O)(O)O. The van der Waals surface area contributed by atoms with Gasteiger partial charge in [0.05, 0.1) is 6.61 Å². The summed E-state index contributed by atoms with van der Waals surface area (Å²) in [6, 6.07) is 0. The van der Waals surface area contributed by atoms with Crippen molar-refractivity contribution < 1.29 is 18.9 Å². The largest absolute Gasteiger partial charge is 0.469 e. The van der Waals surface area contributed by atoms with Gasteiger partial charge in [0.15, 0.2) is 0 Å². The van der Waals surface area contributed by atoms with Gasteiger partial charge in [-0.25, -0.2) is 4.57 Å². The van der Waals surface area contributed by atoms with E-state index in [1.807, 2.05) is 0 Å². The van der Waals surface area contributed by atoms with Crippen LogP contribution >= 0.6 is 7.82 Å². The molecule has 0 bridgehead atoms. The van der Waals surface area contributed by atoms with Gasteiger partial charge in [-0.1, -0.05) is 78.1 Å². The maximum atomic E-state index is 10.7. The van der Waals surface area contributed by atoms with E-state index >= 15 is 0 Å². The van der Waals surface area contributed by atoms with Crippen LogP contribution in [0.5, 0.6) is 0 Å². The smallest absolute Gasteiger partial charge is 0.303 e. The Bertz CT molecular complexity index is 307. The second kappa shape index (κ2) is 17.5. The van der Waals surface area contributed by atoms with Crippen molar-refractivity contribution in [3.8, 4) is 0 Å². The zero-order valence-electron chi connectivity index (χ0n) is 16.6. The monoisotopic (exact) mass is 379 g/mol. The Morgan fingerprint density at radius 2 is 1.08 bits per heavy atom. The summed E-state index contributed by atoms with van der Waals surface area (Å²) >= 11 is 0. The summed E-state index contributed by atoms with van der Waals surface area (Å²) in [7, 11) is -4.32. The predicted molar refractivity (Wildman–Crippen MR) is 106 cm³/mol. The first kappa shape index (κ1) is 25.1. The third-order valence-electron chi connectivity index (χ3n) is 4.53. The summed E-state index contributed by atoms with van der Waals surface area (Å²) in [6.45, 7) is 7.66. The van der Waals surface area contributed by atoms with Crippen molar-refractivity contribution in [2.45, 2.75) is 97.3 Å². The van der Waals surface area contributed by atoms with Gasteiger partial charge in [-0.3, -0.25) is 4.52 Å². The average molecular weight is 380 g/mol. The third-order valence-corrected chi connectivity index (χ3v) is 5.05. The van der Waals surface area contributed by atoms with Crippen molar-refractivity contribution in [3.63, 3.8) is 0 Å². The minimum absolute atomic E-state index is 0.133. The van der Waals surface area contributed by atoms with Gasteiger partial charge in [0.1, 0.15) is 0 Å². The van der Waals surface area contributed by atoms with Crippen LogP contribution in [0.25, 0.3) is 0 Å². The van der Waals surface area contributed by atoms with Crippen molar-refractivity contribution in [3.05, 3.63) is 0 Å². The molecule has 0 aliphatic heterocycles. The number of unbranched alkanes of at least 4 members (excludes halogenated alkanes) is 10. The average Bonchev–Trinajstić information content (AvgIpc) is 2.56. The molecule has 0 atom stereocenters. The lowest BCUT2D eigenvalue weighted by molar-refractivity contribution is 0.177. The zero-order valence-corrected chi connectivity index (χ0v) is 17.5. The van der Waals surface area contributed by atoms with E-state index in [1.54, 1.807) is 0 Å². The lowest BCUT2D eigenvalue weighted by Crippen LogP contribution is -2.28. The van der Waals surface area contributed by atoms with Gasteiger partial charge in [0.2, 0.25) is 0 Å². The molecule has 0 aromatic rings. The molecule has 0 heterocycles. The fourth-order valence-corrected chi connectivity index (χ4v) is 3.41. The molecule has 0 aliphatic rings. The summed E-state index contributed by atoms with van der Waals surface area (Å²) in [5.41, 5.74) is 0. The van der Waals surface area contributed by atoms with Crippen LogP contribution < -0.4 is 0 Å². The Kier molecular flexibility index (Phi) is 17.5. The van der Waals surface area contributed by atoms with Crippen LogP contribution in [-0.2, 0) is 9.09 Å². The highest BCUT2D eigenvalue weighted by molar-refractivity contribution is 7.46. The highest BCUT2D eigenvalue weighted by Crippen LogP contribution is 2.35. The standard InChI is InChI=1S/C19H42NO4P/c1-3-5-7-9-11-13-16-20(17-14-12-10-8-6-4-2)18-15-19-24-25(21,22)23/h3-19H2,1-2H3,(H2,21,22,23). The maximum Gasteiger partial charge on any atom is 0.469 e. The molecule has 0 radical (unpaired) electrons. The fraction of sp³-hybridized carbons (Fsp3) is 1.00. The molecule has 152 valence electrons. The first-order chi connectivity index (χ1) is 12.0. The number of hydrogen-bond acceptors (Lipinski definition) is 3. The normalized spacial score (nSPS) is 12.2. The topological polar surface area (TPSA) is 70.0 Å². The summed E-state index contributed by atoms with van der Waals surface area (Å²) < 4.78 is 15.3. The second-order valence-electron chi connectivity index (χ2n) is 7.05. The maximum absolute atomic E-state index is 10.7. The first-order valence-electron chi connectivity index (χ1n) is 10.4. The molecule has 0 fully saturated rings. The predicted octanol–water partition coefficient (Wildman–Crippen LogP) is 5.51. The summed E-state index contributed by atoms with van der Waals surface area (Å²) in [6.07, 6.45) is 16.2. The first-order valence-corrected chi connectivity index (χ1v) is 11.9. The van der Waals surface area contributed by atoms with E-state index in [2.05, 4.69) is 23.3 Å². The number of hydrogen-bond donors (Lipinski definition) is 2. The second-order valence-corrected chi connectivity index (χ2v) is 8.29. The van der Waals surface area contributed by atoms with Crippen LogP contribution in [-0.4, -0.2) is 40.9 Å². The minimum Gasteiger partial charge on any atom is -0.303 e. The van der Waals surface area contributed by atoms with Crippen LogP contribution in [0.4, 0.5) is 0 Å². The van der Waals surface area contributed by atoms with Gasteiger partial charge >= 0.3 is 7.82 Å². The molecule has 6 heteroatoms. The molecule has 0 saturated carbocycles. The highest BCUT2D eigenvalue weighted by Gasteiger charge is 2.13. The van der Waals surface area contributed by atoms with Crippen molar-refractivity contribution in [2.75, 3.05) is 26.2 Å². The van der Waals surface area contributed by atoms with Gasteiger partial charge in [0.25, 0.3) is 0 Å². The van der Waals surface area contributed by atoms with E-state index in [-0.39, 0.29) is 6.61 Å². The fourth-order valence-electron chi connectivity index (χ4n) is 3.04. The Balaban J connectivity index is 3.89. The van der Waals surface area contributed by atoms with E-state index in [0.717, 1.165) is 19.6 Å². The van der Waals surface area contributed by atoms with Crippen molar-refractivity contribution in [1.82, 2.24) is 4.90 Å². The van der Waals surface area contributed by atoms with E-state index in [0.29, 0.717) is 6.42 Å². The molecule has 0 amide bonds. The lowest BCUT2D eigenvalue weighted by Gasteiger charge is -2.22. The van der Waals surface area contributed by atoms with Gasteiger partial charge in [0, 0.05) is 6.54 Å². The summed E-state index contributed by atoms with van der Waals surface area (Å²) in [5.74, 6) is 0. The van der Waals surface area contributed by atoms with Crippen LogP contribution in [0.3, 0.4) is 0 Å². The van der Waals surface area contributed by atoms with Gasteiger partial charge in [-0.2, -0.15) is 0 Å². The molecular weight excluding hydrogens is 337 g/mol. The zero-order chi connectivity index (χ0) is 18.8. The number of nitrogens with zero attached hydrogens (tertiary/aromatic N) is 1. The molecule has 0 saturated heterocycles. The molecule has 5 nitrogen and oxygen atoms in total. The van der Waals surface area contributed by atoms with Gasteiger partial charge in [-0.05, 0) is 32.4 Å². The van der Waals surface area contributed by atoms with Crippen molar-refractivity contribution >= 4 is 7.82 Å². The minimum atomic E-state index is -4.32. The Hall–Kier alpha value is 0.0700.